The predicted octanol–water partition coefficient (Wildman–Crippen LogP) is 2.24. The number of hydrogen-bond donors (Lipinski definition) is 1. The predicted molar refractivity (Wildman–Crippen MR) is 59.9 cm³/mol. The molecule has 0 aromatic carbocycles. The van der Waals surface area contributed by atoms with Crippen LogP contribution in [0.2, 0.25) is 0 Å². The van der Waals surface area contributed by atoms with Crippen molar-refractivity contribution < 1.29 is 5.11 Å². The van der Waals surface area contributed by atoms with Gasteiger partial charge in [-0.05, 0) is 19.9 Å². The summed E-state index contributed by atoms with van der Waals surface area (Å²) < 4.78 is 0. The molecule has 0 radical (unpaired) electrons. The first-order valence-corrected chi connectivity index (χ1v) is 5.57. The smallest absolute Gasteiger partial charge is 0.123 e. The number of aliphatic hydroxyl groups is 1. The summed E-state index contributed by atoms with van der Waals surface area (Å²) in [7, 11) is 0. The lowest BCUT2D eigenvalue weighted by atomic mass is 10.1. The largest absolute Gasteiger partial charge is 0.382 e. The van der Waals surface area contributed by atoms with Crippen LogP contribution in [0.5, 0.6) is 0 Å². The highest BCUT2D eigenvalue weighted by atomic mass is 32.1. The number of rotatable bonds is 2. The van der Waals surface area contributed by atoms with Crippen molar-refractivity contribution in [3.8, 4) is 0 Å². The lowest BCUT2D eigenvalue weighted by Crippen LogP contribution is -2.00. The first-order valence-electron chi connectivity index (χ1n) is 4.69. The number of aryl methyl sites for hydroxylation is 2. The van der Waals surface area contributed by atoms with E-state index in [0.29, 0.717) is 5.69 Å². The number of pyridine rings is 1. The fraction of sp³-hybridized carbons (Fsp3) is 0.273. The Labute approximate surface area is 92.5 Å². The maximum atomic E-state index is 10.0. The zero-order valence-electron chi connectivity index (χ0n) is 8.64. The Kier molecular flexibility index (Phi) is 2.79. The number of aliphatic hydroxyl groups excluding tert-OH is 1. The molecule has 0 aliphatic carbocycles. The SMILES string of the molecule is Cc1ccc(C(O)c2csc(C)n2)cn1. The third kappa shape index (κ3) is 2.22. The molecule has 0 saturated carbocycles. The van der Waals surface area contributed by atoms with Crippen molar-refractivity contribution in [2.24, 2.45) is 0 Å². The molecule has 2 aromatic rings. The molecule has 1 unspecified atom stereocenters. The minimum absolute atomic E-state index is 0.664. The number of thiazole rings is 1. The van der Waals surface area contributed by atoms with Crippen LogP contribution in [0.4, 0.5) is 0 Å². The molecule has 15 heavy (non-hydrogen) atoms. The zero-order chi connectivity index (χ0) is 10.8. The van der Waals surface area contributed by atoms with Crippen molar-refractivity contribution >= 4 is 11.3 Å². The van der Waals surface area contributed by atoms with Gasteiger partial charge in [-0.15, -0.1) is 11.3 Å². The van der Waals surface area contributed by atoms with Crippen LogP contribution >= 0.6 is 11.3 Å². The molecule has 4 heteroatoms. The molecule has 2 aromatic heterocycles. The Morgan fingerprint density at radius 3 is 2.67 bits per heavy atom. The van der Waals surface area contributed by atoms with Gasteiger partial charge in [0.2, 0.25) is 0 Å². The van der Waals surface area contributed by atoms with E-state index >= 15 is 0 Å². The Bertz CT molecular complexity index is 450. The van der Waals surface area contributed by atoms with Crippen LogP contribution in [-0.2, 0) is 0 Å². The van der Waals surface area contributed by atoms with Gasteiger partial charge < -0.3 is 5.11 Å². The summed E-state index contributed by atoms with van der Waals surface area (Å²) in [6.45, 7) is 3.84. The van der Waals surface area contributed by atoms with Crippen molar-refractivity contribution in [2.45, 2.75) is 20.0 Å². The fourth-order valence-corrected chi connectivity index (χ4v) is 1.95. The normalized spacial score (nSPS) is 12.7. The van der Waals surface area contributed by atoms with Gasteiger partial charge in [0.15, 0.2) is 0 Å². The zero-order valence-corrected chi connectivity index (χ0v) is 9.45. The highest BCUT2D eigenvalue weighted by Gasteiger charge is 2.13. The Morgan fingerprint density at radius 2 is 2.13 bits per heavy atom. The van der Waals surface area contributed by atoms with E-state index in [9.17, 15) is 5.11 Å². The molecular formula is C11H12N2OS. The van der Waals surface area contributed by atoms with E-state index < -0.39 is 6.10 Å². The van der Waals surface area contributed by atoms with Crippen molar-refractivity contribution in [1.29, 1.82) is 0 Å². The van der Waals surface area contributed by atoms with E-state index in [1.54, 1.807) is 6.20 Å². The third-order valence-corrected chi connectivity index (χ3v) is 2.96. The molecule has 0 bridgehead atoms. The Hall–Kier alpha value is -1.26. The first kappa shape index (κ1) is 10.3. The molecule has 78 valence electrons. The number of hydrogen-bond acceptors (Lipinski definition) is 4. The van der Waals surface area contributed by atoms with Gasteiger partial charge in [-0.1, -0.05) is 6.07 Å². The standard InChI is InChI=1S/C11H12N2OS/c1-7-3-4-9(5-12-7)11(14)10-6-15-8(2)13-10/h3-6,11,14H,1-2H3. The van der Waals surface area contributed by atoms with E-state index in [1.807, 2.05) is 31.4 Å². The second-order valence-electron chi connectivity index (χ2n) is 3.43. The summed E-state index contributed by atoms with van der Waals surface area (Å²) in [6.07, 6.45) is 1.03. The third-order valence-electron chi connectivity index (χ3n) is 2.17. The summed E-state index contributed by atoms with van der Waals surface area (Å²) in [5.41, 5.74) is 2.43. The van der Waals surface area contributed by atoms with Gasteiger partial charge in [-0.2, -0.15) is 0 Å². The fourth-order valence-electron chi connectivity index (χ4n) is 1.32. The van der Waals surface area contributed by atoms with Crippen LogP contribution in [0.25, 0.3) is 0 Å². The quantitative estimate of drug-likeness (QED) is 0.844. The van der Waals surface area contributed by atoms with E-state index in [1.165, 1.54) is 11.3 Å². The van der Waals surface area contributed by atoms with E-state index in [2.05, 4.69) is 9.97 Å². The maximum absolute atomic E-state index is 10.0. The van der Waals surface area contributed by atoms with Crippen LogP contribution in [0.1, 0.15) is 28.1 Å². The van der Waals surface area contributed by atoms with Crippen molar-refractivity contribution in [3.63, 3.8) is 0 Å². The molecule has 0 spiro atoms. The van der Waals surface area contributed by atoms with Crippen LogP contribution in [-0.4, -0.2) is 15.1 Å². The van der Waals surface area contributed by atoms with Crippen molar-refractivity contribution in [3.05, 3.63) is 45.7 Å². The summed E-state index contributed by atoms with van der Waals surface area (Å²) in [4.78, 5) is 8.40. The Morgan fingerprint density at radius 1 is 1.33 bits per heavy atom. The highest BCUT2D eigenvalue weighted by Crippen LogP contribution is 2.22. The second-order valence-corrected chi connectivity index (χ2v) is 4.49. The second kappa shape index (κ2) is 4.08. The molecule has 0 fully saturated rings. The van der Waals surface area contributed by atoms with Gasteiger partial charge in [-0.25, -0.2) is 4.98 Å². The topological polar surface area (TPSA) is 46.0 Å². The van der Waals surface area contributed by atoms with Gasteiger partial charge in [0.05, 0.1) is 10.7 Å². The molecule has 1 N–H and O–H groups in total. The van der Waals surface area contributed by atoms with Crippen LogP contribution < -0.4 is 0 Å². The van der Waals surface area contributed by atoms with Crippen molar-refractivity contribution in [1.82, 2.24) is 9.97 Å². The molecule has 2 heterocycles. The molecular weight excluding hydrogens is 208 g/mol. The molecule has 3 nitrogen and oxygen atoms in total. The minimum atomic E-state index is -0.664. The summed E-state index contributed by atoms with van der Waals surface area (Å²) >= 11 is 1.54. The van der Waals surface area contributed by atoms with Crippen LogP contribution in [0, 0.1) is 13.8 Å². The van der Waals surface area contributed by atoms with Crippen molar-refractivity contribution in [2.75, 3.05) is 0 Å². The average Bonchev–Trinajstić information content (AvgIpc) is 2.65. The van der Waals surface area contributed by atoms with E-state index in [-0.39, 0.29) is 0 Å². The lowest BCUT2D eigenvalue weighted by molar-refractivity contribution is 0.215. The van der Waals surface area contributed by atoms with Crippen LogP contribution in [0.15, 0.2) is 23.7 Å². The van der Waals surface area contributed by atoms with Gasteiger partial charge in [0, 0.05) is 22.8 Å². The summed E-state index contributed by atoms with van der Waals surface area (Å²) in [5, 5.41) is 12.8. The minimum Gasteiger partial charge on any atom is -0.382 e. The molecule has 2 rings (SSSR count). The van der Waals surface area contributed by atoms with Gasteiger partial charge >= 0.3 is 0 Å². The average molecular weight is 220 g/mol. The molecule has 0 aliphatic rings. The first-order chi connectivity index (χ1) is 7.16. The van der Waals surface area contributed by atoms with Crippen LogP contribution in [0.3, 0.4) is 0 Å². The molecule has 0 aliphatic heterocycles. The number of aromatic nitrogens is 2. The molecule has 0 saturated heterocycles. The van der Waals surface area contributed by atoms with E-state index in [0.717, 1.165) is 16.3 Å². The molecule has 0 amide bonds. The van der Waals surface area contributed by atoms with E-state index in [4.69, 9.17) is 0 Å². The monoisotopic (exact) mass is 220 g/mol. The molecule has 1 atom stereocenters. The number of nitrogens with zero attached hydrogens (tertiary/aromatic N) is 2. The van der Waals surface area contributed by atoms with Gasteiger partial charge in [-0.3, -0.25) is 4.98 Å². The summed E-state index contributed by atoms with van der Waals surface area (Å²) in [5.74, 6) is 0. The highest BCUT2D eigenvalue weighted by molar-refractivity contribution is 7.09. The van der Waals surface area contributed by atoms with Gasteiger partial charge in [0.25, 0.3) is 0 Å². The lowest BCUT2D eigenvalue weighted by Gasteiger charge is -2.07. The maximum Gasteiger partial charge on any atom is 0.123 e. The summed E-state index contributed by atoms with van der Waals surface area (Å²) in [6, 6.07) is 3.76. The van der Waals surface area contributed by atoms with Gasteiger partial charge in [0.1, 0.15) is 6.10 Å². The Balaban J connectivity index is 2.28.